The number of rotatable bonds is 4. The van der Waals surface area contributed by atoms with Crippen LogP contribution in [0.15, 0.2) is 103 Å². The molecule has 0 aromatic heterocycles. The van der Waals surface area contributed by atoms with Gasteiger partial charge >= 0.3 is 30.2 Å². The van der Waals surface area contributed by atoms with Crippen LogP contribution in [-0.4, -0.2) is 6.88 Å². The number of aryl methyl sites for hydroxylation is 2. The fourth-order valence-corrected chi connectivity index (χ4v) is 7.20. The average Bonchev–Trinajstić information content (AvgIpc) is 3.71. The Morgan fingerprint density at radius 3 is 1.88 bits per heavy atom. The second-order valence-electron chi connectivity index (χ2n) is 14.8. The third-order valence-electron chi connectivity index (χ3n) is 10.0. The Kier molecular flexibility index (Phi) is 14.9. The van der Waals surface area contributed by atoms with Crippen LogP contribution in [0.2, 0.25) is 0 Å². The molecule has 1 fully saturated rings. The van der Waals surface area contributed by atoms with E-state index < -0.39 is 0 Å². The van der Waals surface area contributed by atoms with Crippen molar-refractivity contribution < 1.29 is 23.3 Å². The molecular weight excluding hydrogens is 684 g/mol. The van der Waals surface area contributed by atoms with Gasteiger partial charge in [0.25, 0.3) is 0 Å². The van der Waals surface area contributed by atoms with E-state index in [2.05, 4.69) is 158 Å². The van der Waals surface area contributed by atoms with E-state index in [0.29, 0.717) is 5.92 Å². The molecule has 256 valence electrons. The van der Waals surface area contributed by atoms with Crippen molar-refractivity contribution >= 4 is 28.4 Å². The second-order valence-corrected chi connectivity index (χ2v) is 14.8. The topological polar surface area (TPSA) is 0 Å². The van der Waals surface area contributed by atoms with Gasteiger partial charge in [-0.25, -0.2) is 0 Å². The first-order valence-corrected chi connectivity index (χ1v) is 21.6. The Morgan fingerprint density at radius 2 is 1.29 bits per heavy atom. The molecule has 2 radical (unpaired) electrons. The third kappa shape index (κ3) is 9.51. The molecule has 6 aromatic carbocycles. The summed E-state index contributed by atoms with van der Waals surface area (Å²) in [5.41, 5.74) is 12.6. The molecule has 0 atom stereocenters. The van der Waals surface area contributed by atoms with Crippen LogP contribution in [0.5, 0.6) is 0 Å². The molecule has 1 aliphatic carbocycles. The molecular formula is C47H56SiZr-4. The normalized spacial score (nSPS) is 13.1. The summed E-state index contributed by atoms with van der Waals surface area (Å²) in [4.78, 5) is 0. The molecule has 0 aliphatic heterocycles. The number of fused-ring (bicyclic) bond motifs is 2. The predicted octanol–water partition coefficient (Wildman–Crippen LogP) is 14.1. The minimum atomic E-state index is 0. The Morgan fingerprint density at radius 1 is 0.694 bits per heavy atom. The van der Waals surface area contributed by atoms with E-state index in [1.165, 1.54) is 127 Å². The van der Waals surface area contributed by atoms with Crippen molar-refractivity contribution in [2.75, 3.05) is 0 Å². The van der Waals surface area contributed by atoms with Crippen molar-refractivity contribution in [1.29, 1.82) is 0 Å². The second kappa shape index (κ2) is 17.9. The zero-order valence-corrected chi connectivity index (χ0v) is 35.0. The summed E-state index contributed by atoms with van der Waals surface area (Å²) in [5.74, 6) is 1.36. The summed E-state index contributed by atoms with van der Waals surface area (Å²) in [6.07, 6.45) is 6.97. The zero-order valence-electron chi connectivity index (χ0n) is 31.5. The predicted molar refractivity (Wildman–Crippen MR) is 217 cm³/mol. The minimum absolute atomic E-state index is 0. The van der Waals surface area contributed by atoms with Crippen molar-refractivity contribution in [3.8, 4) is 22.3 Å². The third-order valence-corrected chi connectivity index (χ3v) is 10.0. The van der Waals surface area contributed by atoms with E-state index in [-0.39, 0.29) is 20.3 Å². The van der Waals surface area contributed by atoms with E-state index in [1.807, 2.05) is 0 Å². The van der Waals surface area contributed by atoms with Crippen LogP contribution in [0.25, 0.3) is 43.8 Å². The van der Waals surface area contributed by atoms with Gasteiger partial charge in [0.15, 0.2) is 0 Å². The van der Waals surface area contributed by atoms with Crippen molar-refractivity contribution in [2.24, 2.45) is 0 Å². The molecule has 1 saturated carbocycles. The van der Waals surface area contributed by atoms with Crippen molar-refractivity contribution in [2.45, 2.75) is 97.8 Å². The zero-order chi connectivity index (χ0) is 33.7. The SMILES string of the molecule is CC(C)c1cc2c(-c3ccc(C(C)(C)C)cc3)cccc2[cH-]1.Cc1cc2c(-c3ccc(C4CCCCC4)cc3)ccc(C)c2[cH-]1.[CH3-].[CH3-].[Si]=[Zr]. The fraction of sp³-hybridized carbons (Fsp3) is 0.319. The van der Waals surface area contributed by atoms with Crippen LogP contribution < -0.4 is 0 Å². The van der Waals surface area contributed by atoms with Crippen LogP contribution in [0.4, 0.5) is 0 Å². The van der Waals surface area contributed by atoms with Crippen LogP contribution in [-0.2, 0) is 28.8 Å². The van der Waals surface area contributed by atoms with Gasteiger partial charge in [-0.05, 0) is 52.3 Å². The first kappa shape index (κ1) is 40.6. The number of hydrogen-bond acceptors (Lipinski definition) is 0. The van der Waals surface area contributed by atoms with Crippen LogP contribution >= 0.6 is 0 Å². The molecule has 0 heterocycles. The molecule has 0 amide bonds. The van der Waals surface area contributed by atoms with Crippen LogP contribution in [0.1, 0.15) is 106 Å². The Balaban J connectivity index is 0.000000244. The van der Waals surface area contributed by atoms with Crippen molar-refractivity contribution in [3.05, 3.63) is 146 Å². The van der Waals surface area contributed by atoms with Gasteiger partial charge in [-0.3, -0.25) is 0 Å². The summed E-state index contributed by atoms with van der Waals surface area (Å²) in [6, 6.07) is 38.9. The first-order chi connectivity index (χ1) is 22.6. The van der Waals surface area contributed by atoms with Gasteiger partial charge in [-0.2, -0.15) is 12.1 Å². The van der Waals surface area contributed by atoms with Crippen LogP contribution in [0.3, 0.4) is 0 Å². The van der Waals surface area contributed by atoms with Gasteiger partial charge in [0, 0.05) is 0 Å². The summed E-state index contributed by atoms with van der Waals surface area (Å²) in [7, 11) is 0. The molecule has 1 aliphatic rings. The van der Waals surface area contributed by atoms with Gasteiger partial charge in [0.2, 0.25) is 0 Å². The van der Waals surface area contributed by atoms with E-state index in [1.54, 1.807) is 0 Å². The molecule has 2 heteroatoms. The first-order valence-electron chi connectivity index (χ1n) is 17.4. The summed E-state index contributed by atoms with van der Waals surface area (Å²) in [6.45, 7) is 18.7. The van der Waals surface area contributed by atoms with Crippen molar-refractivity contribution in [3.63, 3.8) is 0 Å². The van der Waals surface area contributed by atoms with Crippen LogP contribution in [0, 0.1) is 28.7 Å². The molecule has 49 heavy (non-hydrogen) atoms. The van der Waals surface area contributed by atoms with E-state index in [0.717, 1.165) is 5.92 Å². The van der Waals surface area contributed by atoms with Gasteiger partial charge in [-0.15, -0.1) is 68.6 Å². The number of hydrogen-bond donors (Lipinski definition) is 0. The monoisotopic (exact) mass is 738 g/mol. The summed E-state index contributed by atoms with van der Waals surface area (Å²) >= 11 is 1.36. The molecule has 0 nitrogen and oxygen atoms in total. The van der Waals surface area contributed by atoms with Crippen molar-refractivity contribution in [1.82, 2.24) is 0 Å². The summed E-state index contributed by atoms with van der Waals surface area (Å²) < 4.78 is 0. The quantitative estimate of drug-likeness (QED) is 0.125. The maximum atomic E-state index is 3.06. The Hall–Kier alpha value is -2.80. The molecule has 7 rings (SSSR count). The van der Waals surface area contributed by atoms with Gasteiger partial charge in [0.05, 0.1) is 0 Å². The van der Waals surface area contributed by atoms with Gasteiger partial charge in [-0.1, -0.05) is 140 Å². The molecule has 0 N–H and O–H groups in total. The maximum absolute atomic E-state index is 3.06. The van der Waals surface area contributed by atoms with E-state index in [4.69, 9.17) is 0 Å². The molecule has 0 bridgehead atoms. The molecule has 0 saturated heterocycles. The van der Waals surface area contributed by atoms with Gasteiger partial charge < -0.3 is 14.9 Å². The van der Waals surface area contributed by atoms with E-state index >= 15 is 0 Å². The Labute approximate surface area is 315 Å². The fourth-order valence-electron chi connectivity index (χ4n) is 7.20. The summed E-state index contributed by atoms with van der Waals surface area (Å²) in [5, 5.41) is 5.51. The Bertz CT molecular complexity index is 1900. The van der Waals surface area contributed by atoms with Gasteiger partial charge in [0.1, 0.15) is 0 Å². The number of benzene rings is 4. The van der Waals surface area contributed by atoms with E-state index in [9.17, 15) is 0 Å². The average molecular weight is 740 g/mol. The molecule has 6 aromatic rings. The molecule has 0 spiro atoms. The standard InChI is InChI=1S/C23H25.C22H25.2CH3.Si.Zr/c1-16-14-22-17(2)8-13-21(23(22)15-16)20-11-9-19(10-12-20)18-6-4-3-5-7-18;1-15(2)18-13-17-7-6-8-20(21(17)14-18)16-9-11-19(12-10-16)22(3,4)5;;;;/h8-15,18H,3-7H2,1-2H3;6-15H,1-5H3;2*1H3;;/q4*-1;;. The molecule has 0 unspecified atom stereocenters.